The van der Waals surface area contributed by atoms with E-state index >= 15 is 0 Å². The number of hydrogen-bond donors (Lipinski definition) is 1. The molecule has 1 fully saturated rings. The molecule has 0 aliphatic carbocycles. The summed E-state index contributed by atoms with van der Waals surface area (Å²) in [6, 6.07) is 3.82. The highest BCUT2D eigenvalue weighted by Gasteiger charge is 2.40. The molecule has 2 rings (SSSR count). The molecule has 1 amide bonds. The Morgan fingerprint density at radius 2 is 2.54 bits per heavy atom. The lowest BCUT2D eigenvalue weighted by Crippen LogP contribution is -2.27. The van der Waals surface area contributed by atoms with E-state index in [1.165, 1.54) is 0 Å². The number of amides is 1. The molecule has 1 saturated heterocycles. The van der Waals surface area contributed by atoms with Gasteiger partial charge in [0.25, 0.3) is 0 Å². The maximum Gasteiger partial charge on any atom is 0.221 e. The average Bonchev–Trinajstić information content (AvgIpc) is 2.73. The Morgan fingerprint density at radius 1 is 1.69 bits per heavy atom. The molecule has 2 heterocycles. The zero-order valence-corrected chi connectivity index (χ0v) is 7.67. The van der Waals surface area contributed by atoms with Crippen molar-refractivity contribution in [2.75, 3.05) is 6.54 Å². The van der Waals surface area contributed by atoms with Crippen molar-refractivity contribution in [2.24, 2.45) is 0 Å². The first-order valence-corrected chi connectivity index (χ1v) is 4.57. The van der Waals surface area contributed by atoms with E-state index < -0.39 is 0 Å². The summed E-state index contributed by atoms with van der Waals surface area (Å²) in [6.07, 6.45) is 3.14. The fourth-order valence-corrected chi connectivity index (χ4v) is 1.88. The van der Waals surface area contributed by atoms with Crippen LogP contribution < -0.4 is 5.32 Å². The predicted octanol–water partition coefficient (Wildman–Crippen LogP) is 1.45. The zero-order chi connectivity index (χ0) is 9.31. The summed E-state index contributed by atoms with van der Waals surface area (Å²) in [6.45, 7) is 2.79. The van der Waals surface area contributed by atoms with Gasteiger partial charge in [0.1, 0.15) is 5.76 Å². The van der Waals surface area contributed by atoms with Crippen LogP contribution in [0.5, 0.6) is 0 Å². The maximum absolute atomic E-state index is 11.2. The molecule has 0 saturated carbocycles. The third-order valence-corrected chi connectivity index (χ3v) is 2.84. The zero-order valence-electron chi connectivity index (χ0n) is 7.67. The number of rotatable bonds is 2. The number of carbonyl (C=O) groups excluding carboxylic acids is 1. The molecule has 1 aliphatic rings. The van der Waals surface area contributed by atoms with Crippen molar-refractivity contribution in [3.8, 4) is 0 Å². The number of hydrogen-bond acceptors (Lipinski definition) is 2. The summed E-state index contributed by atoms with van der Waals surface area (Å²) in [7, 11) is 0. The van der Waals surface area contributed by atoms with E-state index in [2.05, 4.69) is 12.2 Å². The summed E-state index contributed by atoms with van der Waals surface area (Å²) >= 11 is 0. The van der Waals surface area contributed by atoms with Gasteiger partial charge in [-0.25, -0.2) is 0 Å². The Morgan fingerprint density at radius 3 is 3.00 bits per heavy atom. The van der Waals surface area contributed by atoms with Crippen molar-refractivity contribution in [1.29, 1.82) is 0 Å². The van der Waals surface area contributed by atoms with Gasteiger partial charge in [0, 0.05) is 13.0 Å². The third kappa shape index (κ3) is 1.24. The van der Waals surface area contributed by atoms with Crippen LogP contribution in [0, 0.1) is 0 Å². The fraction of sp³-hybridized carbons (Fsp3) is 0.500. The van der Waals surface area contributed by atoms with Gasteiger partial charge in [-0.2, -0.15) is 0 Å². The van der Waals surface area contributed by atoms with Gasteiger partial charge in [-0.1, -0.05) is 6.92 Å². The van der Waals surface area contributed by atoms with E-state index in [0.717, 1.165) is 12.2 Å². The van der Waals surface area contributed by atoms with Crippen LogP contribution in [0.2, 0.25) is 0 Å². The molecule has 3 heteroatoms. The van der Waals surface area contributed by atoms with Crippen LogP contribution in [0.3, 0.4) is 0 Å². The van der Waals surface area contributed by atoms with Gasteiger partial charge in [-0.05, 0) is 18.6 Å². The van der Waals surface area contributed by atoms with Crippen LogP contribution in [0.25, 0.3) is 0 Å². The van der Waals surface area contributed by atoms with Crippen molar-refractivity contribution in [3.63, 3.8) is 0 Å². The van der Waals surface area contributed by atoms with Gasteiger partial charge in [-0.15, -0.1) is 0 Å². The molecule has 1 aromatic rings. The van der Waals surface area contributed by atoms with Crippen LogP contribution in [-0.4, -0.2) is 12.5 Å². The van der Waals surface area contributed by atoms with Crippen molar-refractivity contribution in [3.05, 3.63) is 24.2 Å². The molecule has 1 N–H and O–H groups in total. The van der Waals surface area contributed by atoms with Gasteiger partial charge in [-0.3, -0.25) is 4.79 Å². The maximum atomic E-state index is 11.2. The van der Waals surface area contributed by atoms with Crippen molar-refractivity contribution >= 4 is 5.91 Å². The predicted molar refractivity (Wildman–Crippen MR) is 48.3 cm³/mol. The molecular weight excluding hydrogens is 166 g/mol. The normalized spacial score (nSPS) is 27.6. The second kappa shape index (κ2) is 2.91. The molecule has 1 aliphatic heterocycles. The Labute approximate surface area is 77.1 Å². The van der Waals surface area contributed by atoms with Crippen molar-refractivity contribution in [2.45, 2.75) is 25.2 Å². The highest BCUT2D eigenvalue weighted by molar-refractivity contribution is 5.80. The van der Waals surface area contributed by atoms with E-state index in [-0.39, 0.29) is 11.3 Å². The van der Waals surface area contributed by atoms with Crippen LogP contribution in [0.15, 0.2) is 22.8 Å². The number of furan rings is 1. The Balaban J connectivity index is 2.31. The lowest BCUT2D eigenvalue weighted by Gasteiger charge is -2.22. The van der Waals surface area contributed by atoms with Crippen LogP contribution in [0.4, 0.5) is 0 Å². The van der Waals surface area contributed by atoms with Crippen LogP contribution in [0.1, 0.15) is 25.5 Å². The number of nitrogens with one attached hydrogen (secondary N) is 1. The minimum absolute atomic E-state index is 0.0966. The first-order valence-electron chi connectivity index (χ1n) is 4.57. The van der Waals surface area contributed by atoms with E-state index in [1.54, 1.807) is 6.26 Å². The quantitative estimate of drug-likeness (QED) is 0.746. The second-order valence-electron chi connectivity index (χ2n) is 3.56. The molecule has 3 nitrogen and oxygen atoms in total. The first-order chi connectivity index (χ1) is 6.27. The highest BCUT2D eigenvalue weighted by Crippen LogP contribution is 2.34. The molecule has 1 atom stereocenters. The largest absolute Gasteiger partial charge is 0.469 e. The van der Waals surface area contributed by atoms with Gasteiger partial charge in [0.15, 0.2) is 0 Å². The summed E-state index contributed by atoms with van der Waals surface area (Å²) < 4.78 is 5.37. The van der Waals surface area contributed by atoms with Crippen molar-refractivity contribution in [1.82, 2.24) is 5.32 Å². The monoisotopic (exact) mass is 179 g/mol. The SMILES string of the molecule is CCC1(c2ccco2)CNC(=O)C1. The summed E-state index contributed by atoms with van der Waals surface area (Å²) in [5.74, 6) is 1.05. The summed E-state index contributed by atoms with van der Waals surface area (Å²) in [4.78, 5) is 11.2. The Kier molecular flexibility index (Phi) is 1.87. The van der Waals surface area contributed by atoms with Gasteiger partial charge in [0.2, 0.25) is 5.91 Å². The second-order valence-corrected chi connectivity index (χ2v) is 3.56. The van der Waals surface area contributed by atoms with Gasteiger partial charge >= 0.3 is 0 Å². The molecule has 13 heavy (non-hydrogen) atoms. The smallest absolute Gasteiger partial charge is 0.221 e. The standard InChI is InChI=1S/C10H13NO2/c1-2-10(6-9(12)11-7-10)8-4-3-5-13-8/h3-5H,2,6-7H2,1H3,(H,11,12). The van der Waals surface area contributed by atoms with Crippen molar-refractivity contribution < 1.29 is 9.21 Å². The lowest BCUT2D eigenvalue weighted by atomic mass is 9.82. The average molecular weight is 179 g/mol. The molecule has 0 aromatic carbocycles. The third-order valence-electron chi connectivity index (χ3n) is 2.84. The Hall–Kier alpha value is -1.25. The Bertz CT molecular complexity index is 305. The molecular formula is C10H13NO2. The molecule has 0 bridgehead atoms. The highest BCUT2D eigenvalue weighted by atomic mass is 16.3. The van der Waals surface area contributed by atoms with Crippen LogP contribution >= 0.6 is 0 Å². The molecule has 0 spiro atoms. The molecule has 70 valence electrons. The lowest BCUT2D eigenvalue weighted by molar-refractivity contribution is -0.119. The topological polar surface area (TPSA) is 42.2 Å². The van der Waals surface area contributed by atoms with Gasteiger partial charge < -0.3 is 9.73 Å². The van der Waals surface area contributed by atoms with E-state index in [9.17, 15) is 4.79 Å². The summed E-state index contributed by atoms with van der Waals surface area (Å²) in [5.41, 5.74) is -0.0966. The minimum Gasteiger partial charge on any atom is -0.469 e. The number of carbonyl (C=O) groups is 1. The molecule has 1 aromatic heterocycles. The summed E-state index contributed by atoms with van der Waals surface area (Å²) in [5, 5.41) is 2.85. The molecule has 0 radical (unpaired) electrons. The molecule has 1 unspecified atom stereocenters. The van der Waals surface area contributed by atoms with Crippen LogP contribution in [-0.2, 0) is 10.2 Å². The fourth-order valence-electron chi connectivity index (χ4n) is 1.88. The van der Waals surface area contributed by atoms with E-state index in [1.807, 2.05) is 12.1 Å². The first kappa shape index (κ1) is 8.35. The van der Waals surface area contributed by atoms with Gasteiger partial charge in [0.05, 0.1) is 11.7 Å². The van der Waals surface area contributed by atoms with E-state index in [4.69, 9.17) is 4.42 Å². The minimum atomic E-state index is -0.0966. The van der Waals surface area contributed by atoms with E-state index in [0.29, 0.717) is 13.0 Å².